The van der Waals surface area contributed by atoms with E-state index in [0.717, 1.165) is 38.4 Å². The van der Waals surface area contributed by atoms with E-state index in [4.69, 9.17) is 20.7 Å². The Hall–Kier alpha value is -1.84. The third-order valence-corrected chi connectivity index (χ3v) is 7.30. The fourth-order valence-corrected chi connectivity index (χ4v) is 5.71. The Balaban J connectivity index is 0. The van der Waals surface area contributed by atoms with Gasteiger partial charge >= 0.3 is 0 Å². The number of aliphatic hydroxyl groups excluding tert-OH is 1. The smallest absolute Gasteiger partial charge is 0.300 e. The topological polar surface area (TPSA) is 136 Å². The minimum Gasteiger partial charge on any atom is -0.481 e. The lowest BCUT2D eigenvalue weighted by molar-refractivity contribution is -0.134. The Morgan fingerprint density at radius 1 is 0.882 bits per heavy atom. The van der Waals surface area contributed by atoms with Crippen molar-refractivity contribution in [3.8, 4) is 0 Å². The van der Waals surface area contributed by atoms with Gasteiger partial charge < -0.3 is 22.1 Å². The summed E-state index contributed by atoms with van der Waals surface area (Å²) in [6.07, 6.45) is 1.88. The fraction of sp³-hybridized carbons (Fsp3) is 0.462. The number of ketones is 1. The highest BCUT2D eigenvalue weighted by molar-refractivity contribution is 8.00. The molecule has 0 spiro atoms. The summed E-state index contributed by atoms with van der Waals surface area (Å²) in [5.74, 6) is 4.85. The van der Waals surface area contributed by atoms with Gasteiger partial charge in [0, 0.05) is 43.8 Å². The van der Waals surface area contributed by atoms with E-state index in [0.29, 0.717) is 29.4 Å². The van der Waals surface area contributed by atoms with Crippen LogP contribution in [0.25, 0.3) is 0 Å². The second-order valence-corrected chi connectivity index (χ2v) is 9.63. The molecule has 3 unspecified atom stereocenters. The highest BCUT2D eigenvalue weighted by Crippen LogP contribution is 2.30. The molecule has 4 rings (SSSR count). The molecule has 2 aliphatic heterocycles. The summed E-state index contributed by atoms with van der Waals surface area (Å²) >= 11 is 3.74. The molecule has 2 aromatic rings. The highest BCUT2D eigenvalue weighted by Gasteiger charge is 2.21. The summed E-state index contributed by atoms with van der Waals surface area (Å²) < 4.78 is 0. The zero-order chi connectivity index (χ0) is 23.8. The van der Waals surface area contributed by atoms with Gasteiger partial charge in [-0.1, -0.05) is 68.1 Å². The number of hydrogen-bond acceptors (Lipinski definition) is 7. The molecular weight excluding hydrogens is 468 g/mol. The first-order valence-corrected chi connectivity index (χ1v) is 12.9. The standard InChI is InChI=1S/C11H15NS.C11H12OS.C2H4O2.CH4O.CH4.H3N/c2*12-11-6-10(7-13-8-11)9-4-2-1-3-5-9;1-2(3)4;1-2;;/h1-5,10-11H,6-8,12H2;1-5,10H,6-8H2;1H3,(H,3,4);2H,1H3;1H4;1H3. The maximum Gasteiger partial charge on any atom is 0.300 e. The zero-order valence-electron chi connectivity index (χ0n) is 19.6. The summed E-state index contributed by atoms with van der Waals surface area (Å²) in [6.45, 7) is 1.08. The van der Waals surface area contributed by atoms with Crippen LogP contribution in [0.1, 0.15) is 50.2 Å². The van der Waals surface area contributed by atoms with E-state index >= 15 is 0 Å². The van der Waals surface area contributed by atoms with Crippen molar-refractivity contribution in [2.45, 2.75) is 45.1 Å². The van der Waals surface area contributed by atoms with Crippen LogP contribution < -0.4 is 11.9 Å². The normalized spacial score (nSPS) is 20.7. The molecule has 7 N–H and O–H groups in total. The van der Waals surface area contributed by atoms with Crippen LogP contribution in [-0.2, 0) is 9.59 Å². The maximum absolute atomic E-state index is 11.2. The molecule has 3 atom stereocenters. The number of benzene rings is 2. The quantitative estimate of drug-likeness (QED) is 0.432. The molecule has 2 saturated heterocycles. The SMILES string of the molecule is C.CC(=O)O.CO.N.NC1CSCC(c2ccccc2)C1.O=C1CSCC(c2ccccc2)C1. The highest BCUT2D eigenvalue weighted by atomic mass is 32.2. The van der Waals surface area contributed by atoms with E-state index in [1.165, 1.54) is 16.9 Å². The summed E-state index contributed by atoms with van der Waals surface area (Å²) in [5.41, 5.74) is 8.70. The average Bonchev–Trinajstić information content (AvgIpc) is 2.82. The third kappa shape index (κ3) is 14.4. The lowest BCUT2D eigenvalue weighted by Gasteiger charge is -2.26. The molecule has 2 aromatic carbocycles. The van der Waals surface area contributed by atoms with Crippen molar-refractivity contribution in [2.24, 2.45) is 5.73 Å². The molecule has 2 heterocycles. The van der Waals surface area contributed by atoms with Gasteiger partial charge in [-0.25, -0.2) is 0 Å². The lowest BCUT2D eigenvalue weighted by atomic mass is 9.94. The average molecular weight is 511 g/mol. The van der Waals surface area contributed by atoms with E-state index in [1.54, 1.807) is 11.8 Å². The number of aliphatic carboxylic acids is 1. The molecule has 0 bridgehead atoms. The minimum atomic E-state index is -0.833. The summed E-state index contributed by atoms with van der Waals surface area (Å²) in [7, 11) is 1.00. The second-order valence-electron chi connectivity index (χ2n) is 7.53. The first-order chi connectivity index (χ1) is 15.5. The van der Waals surface area contributed by atoms with E-state index in [1.807, 2.05) is 30.0 Å². The van der Waals surface area contributed by atoms with Crippen molar-refractivity contribution in [3.63, 3.8) is 0 Å². The van der Waals surface area contributed by atoms with Crippen molar-refractivity contribution < 1.29 is 19.8 Å². The monoisotopic (exact) mass is 510 g/mol. The molecule has 0 radical (unpaired) electrons. The number of carbonyl (C=O) groups excluding carboxylic acids is 1. The van der Waals surface area contributed by atoms with E-state index in [-0.39, 0.29) is 13.6 Å². The molecule has 2 aliphatic rings. The van der Waals surface area contributed by atoms with E-state index < -0.39 is 5.97 Å². The van der Waals surface area contributed by atoms with E-state index in [2.05, 4.69) is 42.5 Å². The van der Waals surface area contributed by atoms with Gasteiger partial charge in [-0.2, -0.15) is 23.5 Å². The van der Waals surface area contributed by atoms with Crippen molar-refractivity contribution >= 4 is 35.3 Å². The van der Waals surface area contributed by atoms with Gasteiger partial charge in [0.05, 0.1) is 5.75 Å². The number of carboxylic acid groups (broad SMARTS) is 1. The van der Waals surface area contributed by atoms with Crippen LogP contribution in [0, 0.1) is 0 Å². The largest absolute Gasteiger partial charge is 0.481 e. The van der Waals surface area contributed by atoms with Crippen molar-refractivity contribution in [2.75, 3.05) is 30.1 Å². The van der Waals surface area contributed by atoms with Crippen LogP contribution in [0.4, 0.5) is 0 Å². The van der Waals surface area contributed by atoms with Gasteiger partial charge in [-0.15, -0.1) is 0 Å². The number of Topliss-reactive ketones (excluding diaryl/α,β-unsaturated/α-hetero) is 1. The molecular formula is C26H42N2O4S2. The molecule has 0 aliphatic carbocycles. The van der Waals surface area contributed by atoms with Crippen LogP contribution in [0.2, 0.25) is 0 Å². The van der Waals surface area contributed by atoms with Gasteiger partial charge in [0.1, 0.15) is 5.78 Å². The molecule has 0 aromatic heterocycles. The van der Waals surface area contributed by atoms with Crippen LogP contribution in [-0.4, -0.2) is 58.1 Å². The Morgan fingerprint density at radius 3 is 1.76 bits per heavy atom. The number of carboxylic acids is 1. The van der Waals surface area contributed by atoms with Crippen LogP contribution in [0.15, 0.2) is 60.7 Å². The van der Waals surface area contributed by atoms with Crippen LogP contribution >= 0.6 is 23.5 Å². The van der Waals surface area contributed by atoms with Crippen molar-refractivity contribution in [1.82, 2.24) is 6.15 Å². The van der Waals surface area contributed by atoms with E-state index in [9.17, 15) is 4.79 Å². The predicted molar refractivity (Wildman–Crippen MR) is 148 cm³/mol. The third-order valence-electron chi connectivity index (χ3n) is 4.84. The Bertz CT molecular complexity index is 775. The lowest BCUT2D eigenvalue weighted by Crippen LogP contribution is -2.30. The van der Waals surface area contributed by atoms with Gasteiger partial charge in [-0.3, -0.25) is 9.59 Å². The molecule has 8 heteroatoms. The molecule has 2 fully saturated rings. The predicted octanol–water partition coefficient (Wildman–Crippen LogP) is 5.21. The summed E-state index contributed by atoms with van der Waals surface area (Å²) in [5, 5.41) is 14.4. The Morgan fingerprint density at radius 2 is 1.32 bits per heavy atom. The molecule has 192 valence electrons. The summed E-state index contributed by atoms with van der Waals surface area (Å²) in [6, 6.07) is 21.4. The Kier molecular flexibility index (Phi) is 20.7. The first-order valence-electron chi connectivity index (χ1n) is 10.6. The Labute approximate surface area is 213 Å². The number of thioether (sulfide) groups is 2. The van der Waals surface area contributed by atoms with Crippen molar-refractivity contribution in [3.05, 3.63) is 71.8 Å². The molecule has 6 nitrogen and oxygen atoms in total. The minimum absolute atomic E-state index is 0. The number of hydrogen-bond donors (Lipinski definition) is 4. The molecule has 0 amide bonds. The molecule has 0 saturated carbocycles. The number of nitrogens with two attached hydrogens (primary N) is 1. The maximum atomic E-state index is 11.2. The zero-order valence-corrected chi connectivity index (χ0v) is 21.2. The van der Waals surface area contributed by atoms with Gasteiger partial charge in [0.25, 0.3) is 5.97 Å². The summed E-state index contributed by atoms with van der Waals surface area (Å²) in [4.78, 5) is 20.2. The first kappa shape index (κ1) is 34.3. The van der Waals surface area contributed by atoms with Gasteiger partial charge in [0.15, 0.2) is 0 Å². The van der Waals surface area contributed by atoms with Crippen molar-refractivity contribution in [1.29, 1.82) is 0 Å². The van der Waals surface area contributed by atoms with Gasteiger partial charge in [0.2, 0.25) is 0 Å². The van der Waals surface area contributed by atoms with Crippen LogP contribution in [0.5, 0.6) is 0 Å². The number of rotatable bonds is 2. The number of aliphatic hydroxyl groups is 1. The van der Waals surface area contributed by atoms with Gasteiger partial charge in [-0.05, 0) is 29.4 Å². The second kappa shape index (κ2) is 20.5. The number of carbonyl (C=O) groups is 2. The molecule has 34 heavy (non-hydrogen) atoms. The fourth-order valence-electron chi connectivity index (χ4n) is 3.47. The van der Waals surface area contributed by atoms with Crippen LogP contribution in [0.3, 0.4) is 0 Å².